The molecule has 1 aliphatic heterocycles. The monoisotopic (exact) mass is 362 g/mol. The third-order valence-electron chi connectivity index (χ3n) is 3.66. The highest BCUT2D eigenvalue weighted by Crippen LogP contribution is 2.24. The third kappa shape index (κ3) is 4.83. The first kappa shape index (κ1) is 19.0. The van der Waals surface area contributed by atoms with E-state index in [0.29, 0.717) is 18.0 Å². The summed E-state index contributed by atoms with van der Waals surface area (Å²) in [5, 5.41) is 2.62. The van der Waals surface area contributed by atoms with Crippen LogP contribution in [0.1, 0.15) is 6.42 Å². The molecular formula is C17H22N4O3S. The SMILES string of the molecule is COc1cccc(N2C(=O)C(C=NCCCN(C)C)C(=O)NC2=S)c1. The van der Waals surface area contributed by atoms with E-state index in [1.54, 1.807) is 31.4 Å². The minimum atomic E-state index is -0.989. The Labute approximate surface area is 152 Å². The number of methoxy groups -OCH3 is 1. The number of hydrogen-bond acceptors (Lipinski definition) is 6. The van der Waals surface area contributed by atoms with Crippen LogP contribution in [0.15, 0.2) is 29.3 Å². The molecule has 0 radical (unpaired) electrons. The maximum absolute atomic E-state index is 12.8. The second-order valence-corrected chi connectivity index (χ2v) is 6.25. The average Bonchev–Trinajstić information content (AvgIpc) is 2.57. The molecule has 1 saturated heterocycles. The smallest absolute Gasteiger partial charge is 0.251 e. The Morgan fingerprint density at radius 3 is 2.84 bits per heavy atom. The molecule has 8 heteroatoms. The van der Waals surface area contributed by atoms with Crippen LogP contribution < -0.4 is 15.0 Å². The number of aliphatic imine (C=N–C) groups is 1. The zero-order valence-electron chi connectivity index (χ0n) is 14.6. The number of amides is 2. The Bertz CT molecular complexity index is 690. The highest BCUT2D eigenvalue weighted by molar-refractivity contribution is 7.80. The van der Waals surface area contributed by atoms with E-state index in [-0.39, 0.29) is 5.11 Å². The zero-order valence-corrected chi connectivity index (χ0v) is 15.4. The second kappa shape index (κ2) is 8.68. The van der Waals surface area contributed by atoms with Crippen molar-refractivity contribution in [3.05, 3.63) is 24.3 Å². The molecule has 0 spiro atoms. The largest absolute Gasteiger partial charge is 0.497 e. The van der Waals surface area contributed by atoms with Crippen LogP contribution in [0.3, 0.4) is 0 Å². The van der Waals surface area contributed by atoms with Gasteiger partial charge in [0.2, 0.25) is 5.91 Å². The third-order valence-corrected chi connectivity index (χ3v) is 3.95. The van der Waals surface area contributed by atoms with Crippen LogP contribution in [0.2, 0.25) is 0 Å². The number of anilines is 1. The Kier molecular flexibility index (Phi) is 6.60. The summed E-state index contributed by atoms with van der Waals surface area (Å²) in [5.74, 6) is -1.26. The molecule has 0 aromatic heterocycles. The van der Waals surface area contributed by atoms with Crippen molar-refractivity contribution >= 4 is 41.0 Å². The van der Waals surface area contributed by atoms with Gasteiger partial charge in [-0.15, -0.1) is 0 Å². The van der Waals surface area contributed by atoms with E-state index in [4.69, 9.17) is 17.0 Å². The van der Waals surface area contributed by atoms with Gasteiger partial charge in [-0.3, -0.25) is 19.5 Å². The van der Waals surface area contributed by atoms with Crippen molar-refractivity contribution in [2.24, 2.45) is 10.9 Å². The van der Waals surface area contributed by atoms with Crippen LogP contribution in [0.4, 0.5) is 5.69 Å². The number of nitrogens with one attached hydrogen (secondary N) is 1. The summed E-state index contributed by atoms with van der Waals surface area (Å²) in [5.41, 5.74) is 0.542. The van der Waals surface area contributed by atoms with Crippen molar-refractivity contribution in [2.75, 3.05) is 39.2 Å². The molecule has 1 aromatic rings. The first-order chi connectivity index (χ1) is 11.9. The van der Waals surface area contributed by atoms with E-state index in [0.717, 1.165) is 13.0 Å². The summed E-state index contributed by atoms with van der Waals surface area (Å²) in [6, 6.07) is 6.94. The standard InChI is InChI=1S/C17H22N4O3S/c1-20(2)9-5-8-18-11-14-15(22)19-17(25)21(16(14)23)12-6-4-7-13(10-12)24-3/h4,6-7,10-11,14H,5,8-9H2,1-3H3,(H,19,22,25). The molecule has 1 heterocycles. The quantitative estimate of drug-likeness (QED) is 0.340. The number of nitrogens with zero attached hydrogens (tertiary/aromatic N) is 3. The number of rotatable bonds is 7. The lowest BCUT2D eigenvalue weighted by Crippen LogP contribution is -2.58. The van der Waals surface area contributed by atoms with Gasteiger partial charge in [-0.2, -0.15) is 0 Å². The summed E-state index contributed by atoms with van der Waals surface area (Å²) in [4.78, 5) is 32.5. The number of hydrogen-bond donors (Lipinski definition) is 1. The molecule has 1 N–H and O–H groups in total. The van der Waals surface area contributed by atoms with Crippen LogP contribution in [-0.2, 0) is 9.59 Å². The average molecular weight is 362 g/mol. The number of benzene rings is 1. The van der Waals surface area contributed by atoms with E-state index in [1.165, 1.54) is 11.1 Å². The molecule has 0 bridgehead atoms. The van der Waals surface area contributed by atoms with Crippen LogP contribution in [0.5, 0.6) is 5.75 Å². The summed E-state index contributed by atoms with van der Waals surface area (Å²) >= 11 is 5.16. The van der Waals surface area contributed by atoms with Crippen LogP contribution in [0, 0.1) is 5.92 Å². The van der Waals surface area contributed by atoms with Crippen molar-refractivity contribution in [1.82, 2.24) is 10.2 Å². The molecule has 1 unspecified atom stereocenters. The molecular weight excluding hydrogens is 340 g/mol. The molecule has 2 rings (SSSR count). The number of thiocarbonyl (C=S) groups is 1. The van der Waals surface area contributed by atoms with Gasteiger partial charge in [-0.25, -0.2) is 0 Å². The van der Waals surface area contributed by atoms with Crippen LogP contribution >= 0.6 is 12.2 Å². The number of carbonyl (C=O) groups is 2. The maximum atomic E-state index is 12.8. The van der Waals surface area contributed by atoms with Crippen molar-refractivity contribution in [2.45, 2.75) is 6.42 Å². The van der Waals surface area contributed by atoms with E-state index < -0.39 is 17.7 Å². The van der Waals surface area contributed by atoms with Crippen molar-refractivity contribution in [3.63, 3.8) is 0 Å². The van der Waals surface area contributed by atoms with E-state index in [1.807, 2.05) is 14.1 Å². The van der Waals surface area contributed by atoms with Crippen LogP contribution in [-0.4, -0.2) is 62.3 Å². The van der Waals surface area contributed by atoms with Crippen molar-refractivity contribution in [3.8, 4) is 5.75 Å². The van der Waals surface area contributed by atoms with Gasteiger partial charge in [-0.1, -0.05) is 6.07 Å². The highest BCUT2D eigenvalue weighted by Gasteiger charge is 2.38. The molecule has 2 amide bonds. The van der Waals surface area contributed by atoms with Gasteiger partial charge in [0.25, 0.3) is 5.91 Å². The predicted octanol–water partition coefficient (Wildman–Crippen LogP) is 1.08. The van der Waals surface area contributed by atoms with Gasteiger partial charge in [-0.05, 0) is 51.4 Å². The number of ether oxygens (including phenoxy) is 1. The molecule has 0 aliphatic carbocycles. The van der Waals surface area contributed by atoms with Crippen LogP contribution in [0.25, 0.3) is 0 Å². The van der Waals surface area contributed by atoms with E-state index in [9.17, 15) is 9.59 Å². The van der Waals surface area contributed by atoms with Crippen molar-refractivity contribution in [1.29, 1.82) is 0 Å². The molecule has 1 atom stereocenters. The summed E-state index contributed by atoms with van der Waals surface area (Å²) < 4.78 is 5.18. The maximum Gasteiger partial charge on any atom is 0.251 e. The van der Waals surface area contributed by atoms with Gasteiger partial charge < -0.3 is 15.0 Å². The summed E-state index contributed by atoms with van der Waals surface area (Å²) in [6.45, 7) is 1.45. The van der Waals surface area contributed by atoms with Gasteiger partial charge in [0.05, 0.1) is 12.8 Å². The number of carbonyl (C=O) groups excluding carboxylic acids is 2. The summed E-state index contributed by atoms with van der Waals surface area (Å²) in [7, 11) is 5.50. The summed E-state index contributed by atoms with van der Waals surface area (Å²) in [6.07, 6.45) is 2.26. The van der Waals surface area contributed by atoms with Gasteiger partial charge >= 0.3 is 0 Å². The van der Waals surface area contributed by atoms with Crippen molar-refractivity contribution < 1.29 is 14.3 Å². The highest BCUT2D eigenvalue weighted by atomic mass is 32.1. The molecule has 134 valence electrons. The fraction of sp³-hybridized carbons (Fsp3) is 0.412. The second-order valence-electron chi connectivity index (χ2n) is 5.86. The Morgan fingerprint density at radius 1 is 1.40 bits per heavy atom. The molecule has 7 nitrogen and oxygen atoms in total. The lowest BCUT2D eigenvalue weighted by Gasteiger charge is -2.31. The molecule has 1 aliphatic rings. The molecule has 1 aromatic carbocycles. The molecule has 0 saturated carbocycles. The Balaban J connectivity index is 2.14. The van der Waals surface area contributed by atoms with E-state index in [2.05, 4.69) is 15.2 Å². The first-order valence-electron chi connectivity index (χ1n) is 7.91. The van der Waals surface area contributed by atoms with E-state index >= 15 is 0 Å². The molecule has 25 heavy (non-hydrogen) atoms. The first-order valence-corrected chi connectivity index (χ1v) is 8.32. The Morgan fingerprint density at radius 2 is 2.16 bits per heavy atom. The topological polar surface area (TPSA) is 74.2 Å². The lowest BCUT2D eigenvalue weighted by atomic mass is 10.1. The van der Waals surface area contributed by atoms with Gasteiger partial charge in [0, 0.05) is 18.8 Å². The fourth-order valence-electron chi connectivity index (χ4n) is 2.37. The lowest BCUT2D eigenvalue weighted by molar-refractivity contribution is -0.130. The normalized spacial score (nSPS) is 18.2. The predicted molar refractivity (Wildman–Crippen MR) is 101 cm³/mol. The minimum Gasteiger partial charge on any atom is -0.497 e. The minimum absolute atomic E-state index is 0.0560. The molecule has 1 fully saturated rings. The fourth-order valence-corrected chi connectivity index (χ4v) is 2.67. The Hall–Kier alpha value is -2.32. The zero-order chi connectivity index (χ0) is 18.4. The van der Waals surface area contributed by atoms with Gasteiger partial charge in [0.1, 0.15) is 5.75 Å². The van der Waals surface area contributed by atoms with Gasteiger partial charge in [0.15, 0.2) is 11.0 Å².